The fourth-order valence-corrected chi connectivity index (χ4v) is 5.15. The third kappa shape index (κ3) is 4.86. The van der Waals surface area contributed by atoms with E-state index in [4.69, 9.17) is 0 Å². The number of nitrogens with zero attached hydrogens (tertiary/aromatic N) is 3. The number of amides is 1. The topological polar surface area (TPSA) is 59.8 Å². The summed E-state index contributed by atoms with van der Waals surface area (Å²) in [5.41, 5.74) is 1.27. The van der Waals surface area contributed by atoms with Gasteiger partial charge in [0.1, 0.15) is 5.82 Å². The molecule has 4 rings (SSSR count). The van der Waals surface area contributed by atoms with E-state index < -0.39 is 0 Å². The van der Waals surface area contributed by atoms with Gasteiger partial charge in [-0.1, -0.05) is 80.4 Å². The summed E-state index contributed by atoms with van der Waals surface area (Å²) in [7, 11) is 0. The Labute approximate surface area is 182 Å². The van der Waals surface area contributed by atoms with Gasteiger partial charge in [-0.15, -0.1) is 10.2 Å². The summed E-state index contributed by atoms with van der Waals surface area (Å²) in [6, 6.07) is 15.4. The van der Waals surface area contributed by atoms with E-state index in [0.29, 0.717) is 11.8 Å². The monoisotopic (exact) mass is 422 g/mol. The van der Waals surface area contributed by atoms with Crippen LogP contribution >= 0.6 is 11.8 Å². The van der Waals surface area contributed by atoms with E-state index in [2.05, 4.69) is 69.5 Å². The van der Waals surface area contributed by atoms with Gasteiger partial charge in [-0.05, 0) is 35.6 Å². The summed E-state index contributed by atoms with van der Waals surface area (Å²) in [6.45, 7) is 2.79. The van der Waals surface area contributed by atoms with Crippen molar-refractivity contribution in [1.29, 1.82) is 0 Å². The third-order valence-corrected chi connectivity index (χ3v) is 6.75. The molecule has 6 heteroatoms. The van der Waals surface area contributed by atoms with Gasteiger partial charge in [0.05, 0.1) is 5.75 Å². The van der Waals surface area contributed by atoms with Crippen molar-refractivity contribution in [2.24, 2.45) is 0 Å². The zero-order chi connectivity index (χ0) is 20.8. The first-order chi connectivity index (χ1) is 14.8. The van der Waals surface area contributed by atoms with Crippen LogP contribution in [-0.4, -0.2) is 33.0 Å². The average Bonchev–Trinajstić information content (AvgIpc) is 3.19. The van der Waals surface area contributed by atoms with Crippen LogP contribution in [0.4, 0.5) is 0 Å². The second-order valence-electron chi connectivity index (χ2n) is 8.01. The highest BCUT2D eigenvalue weighted by molar-refractivity contribution is 7.99. The number of thioether (sulfide) groups is 1. The van der Waals surface area contributed by atoms with Crippen molar-refractivity contribution in [3.63, 3.8) is 0 Å². The summed E-state index contributed by atoms with van der Waals surface area (Å²) in [6.07, 6.45) is 7.83. The minimum absolute atomic E-state index is 0.0654. The number of carbonyl (C=O) groups is 1. The molecule has 158 valence electrons. The van der Waals surface area contributed by atoms with Crippen LogP contribution in [-0.2, 0) is 11.2 Å². The van der Waals surface area contributed by atoms with E-state index in [-0.39, 0.29) is 5.91 Å². The van der Waals surface area contributed by atoms with Gasteiger partial charge < -0.3 is 9.88 Å². The molecule has 0 aliphatic heterocycles. The lowest BCUT2D eigenvalue weighted by atomic mass is 9.95. The second-order valence-corrected chi connectivity index (χ2v) is 8.96. The van der Waals surface area contributed by atoms with Crippen molar-refractivity contribution in [3.8, 4) is 0 Å². The number of hydrogen-bond donors (Lipinski definition) is 1. The number of fused-ring (bicyclic) bond motifs is 1. The highest BCUT2D eigenvalue weighted by Gasteiger charge is 2.24. The molecule has 1 heterocycles. The minimum atomic E-state index is 0.0654. The van der Waals surface area contributed by atoms with Gasteiger partial charge in [-0.2, -0.15) is 0 Å². The van der Waals surface area contributed by atoms with Gasteiger partial charge in [-0.25, -0.2) is 0 Å². The van der Waals surface area contributed by atoms with Crippen molar-refractivity contribution in [2.75, 3.05) is 12.3 Å². The van der Waals surface area contributed by atoms with Crippen LogP contribution in [0.5, 0.6) is 0 Å². The number of carbonyl (C=O) groups excluding carboxylic acids is 1. The van der Waals surface area contributed by atoms with Crippen molar-refractivity contribution in [3.05, 3.63) is 53.9 Å². The Morgan fingerprint density at radius 3 is 2.73 bits per heavy atom. The van der Waals surface area contributed by atoms with E-state index in [1.54, 1.807) is 0 Å². The molecule has 0 spiro atoms. The van der Waals surface area contributed by atoms with Crippen LogP contribution in [0.15, 0.2) is 47.6 Å². The number of hydrogen-bond acceptors (Lipinski definition) is 4. The first-order valence-corrected chi connectivity index (χ1v) is 12.0. The maximum absolute atomic E-state index is 12.1. The zero-order valence-electron chi connectivity index (χ0n) is 17.6. The van der Waals surface area contributed by atoms with Crippen LogP contribution in [0.3, 0.4) is 0 Å². The molecule has 1 amide bonds. The predicted octanol–water partition coefficient (Wildman–Crippen LogP) is 5.15. The molecule has 1 aromatic heterocycles. The van der Waals surface area contributed by atoms with Gasteiger partial charge >= 0.3 is 0 Å². The SMILES string of the molecule is CCCNC(=O)CSc1nnc(Cc2cccc3ccccc23)n1C1CCCCC1. The summed E-state index contributed by atoms with van der Waals surface area (Å²) in [5, 5.41) is 15.5. The standard InChI is InChI=1S/C24H30N4OS/c1-2-15-25-23(29)17-30-24-27-26-22(28(24)20-12-4-3-5-13-20)16-19-11-8-10-18-9-6-7-14-21(18)19/h6-11,14,20H,2-5,12-13,15-17H2,1H3,(H,25,29). The molecule has 0 atom stereocenters. The smallest absolute Gasteiger partial charge is 0.230 e. The largest absolute Gasteiger partial charge is 0.355 e. The van der Waals surface area contributed by atoms with Crippen molar-refractivity contribution in [2.45, 2.75) is 63.1 Å². The fourth-order valence-electron chi connectivity index (χ4n) is 4.29. The predicted molar refractivity (Wildman–Crippen MR) is 123 cm³/mol. The molecule has 2 aromatic carbocycles. The van der Waals surface area contributed by atoms with Crippen LogP contribution in [0.2, 0.25) is 0 Å². The van der Waals surface area contributed by atoms with E-state index in [9.17, 15) is 4.79 Å². The molecule has 0 unspecified atom stereocenters. The molecule has 1 aliphatic rings. The Bertz CT molecular complexity index is 989. The second kappa shape index (κ2) is 10.1. The lowest BCUT2D eigenvalue weighted by molar-refractivity contribution is -0.118. The Morgan fingerprint density at radius 1 is 1.10 bits per heavy atom. The quantitative estimate of drug-likeness (QED) is 0.510. The van der Waals surface area contributed by atoms with Crippen LogP contribution < -0.4 is 5.32 Å². The molecule has 1 saturated carbocycles. The normalized spacial score (nSPS) is 14.8. The first kappa shape index (κ1) is 20.9. The summed E-state index contributed by atoms with van der Waals surface area (Å²) in [4.78, 5) is 12.1. The number of rotatable bonds is 8. The third-order valence-electron chi connectivity index (χ3n) is 5.81. The molecular weight excluding hydrogens is 392 g/mol. The summed E-state index contributed by atoms with van der Waals surface area (Å²) in [5.74, 6) is 1.46. The molecule has 3 aromatic rings. The van der Waals surface area contributed by atoms with E-state index in [1.165, 1.54) is 47.4 Å². The number of aromatic nitrogens is 3. The van der Waals surface area contributed by atoms with Gasteiger partial charge in [0.25, 0.3) is 0 Å². The maximum Gasteiger partial charge on any atom is 0.230 e. The van der Waals surface area contributed by atoms with E-state index in [1.807, 2.05) is 0 Å². The number of benzene rings is 2. The lowest BCUT2D eigenvalue weighted by Gasteiger charge is -2.25. The van der Waals surface area contributed by atoms with Crippen LogP contribution in [0, 0.1) is 0 Å². The fraction of sp³-hybridized carbons (Fsp3) is 0.458. The molecule has 5 nitrogen and oxygen atoms in total. The van der Waals surface area contributed by atoms with Gasteiger partial charge in [-0.3, -0.25) is 4.79 Å². The first-order valence-electron chi connectivity index (χ1n) is 11.1. The molecule has 1 N–H and O–H groups in total. The van der Waals surface area contributed by atoms with E-state index >= 15 is 0 Å². The molecule has 0 radical (unpaired) electrons. The van der Waals surface area contributed by atoms with Gasteiger partial charge in [0.15, 0.2) is 5.16 Å². The highest BCUT2D eigenvalue weighted by atomic mass is 32.2. The van der Waals surface area contributed by atoms with Crippen LogP contribution in [0.1, 0.15) is 62.9 Å². The summed E-state index contributed by atoms with van der Waals surface area (Å²) < 4.78 is 2.33. The summed E-state index contributed by atoms with van der Waals surface area (Å²) >= 11 is 1.51. The van der Waals surface area contributed by atoms with Crippen LogP contribution in [0.25, 0.3) is 10.8 Å². The van der Waals surface area contributed by atoms with E-state index in [0.717, 1.165) is 43.2 Å². The van der Waals surface area contributed by atoms with Crippen molar-refractivity contribution < 1.29 is 4.79 Å². The zero-order valence-corrected chi connectivity index (χ0v) is 18.5. The Morgan fingerprint density at radius 2 is 1.90 bits per heavy atom. The molecule has 1 fully saturated rings. The lowest BCUT2D eigenvalue weighted by Crippen LogP contribution is -2.26. The Balaban J connectivity index is 1.60. The maximum atomic E-state index is 12.1. The molecule has 1 aliphatic carbocycles. The molecule has 0 saturated heterocycles. The average molecular weight is 423 g/mol. The minimum Gasteiger partial charge on any atom is -0.355 e. The molecular formula is C24H30N4OS. The Kier molecular flexibility index (Phi) is 7.05. The van der Waals surface area contributed by atoms with Gasteiger partial charge in [0, 0.05) is 19.0 Å². The Hall–Kier alpha value is -2.34. The molecule has 30 heavy (non-hydrogen) atoms. The number of nitrogens with one attached hydrogen (secondary N) is 1. The van der Waals surface area contributed by atoms with Crippen molar-refractivity contribution >= 4 is 28.4 Å². The van der Waals surface area contributed by atoms with Crippen molar-refractivity contribution in [1.82, 2.24) is 20.1 Å². The molecule has 0 bridgehead atoms. The highest BCUT2D eigenvalue weighted by Crippen LogP contribution is 2.33. The van der Waals surface area contributed by atoms with Gasteiger partial charge in [0.2, 0.25) is 5.91 Å².